The van der Waals surface area contributed by atoms with Crippen molar-refractivity contribution in [2.75, 3.05) is 13.1 Å². The summed E-state index contributed by atoms with van der Waals surface area (Å²) in [6.07, 6.45) is 6.00. The Morgan fingerprint density at radius 2 is 1.55 bits per heavy atom. The first kappa shape index (κ1) is 20.1. The van der Waals surface area contributed by atoms with Crippen molar-refractivity contribution in [2.45, 2.75) is 46.0 Å². The van der Waals surface area contributed by atoms with E-state index < -0.39 is 0 Å². The van der Waals surface area contributed by atoms with Crippen molar-refractivity contribution in [3.8, 4) is 16.9 Å². The molecule has 0 N–H and O–H groups in total. The number of aryl methyl sites for hydroxylation is 1. The van der Waals surface area contributed by atoms with Gasteiger partial charge in [0.15, 0.2) is 0 Å². The summed E-state index contributed by atoms with van der Waals surface area (Å²) in [5, 5.41) is 0. The van der Waals surface area contributed by atoms with Crippen LogP contribution in [0.3, 0.4) is 0 Å². The summed E-state index contributed by atoms with van der Waals surface area (Å²) in [6.45, 7) is 6.24. The fraction of sp³-hybridized carbons (Fsp3) is 0.393. The van der Waals surface area contributed by atoms with Crippen LogP contribution in [0.5, 0.6) is 0 Å². The van der Waals surface area contributed by atoms with Crippen molar-refractivity contribution in [1.82, 2.24) is 9.47 Å². The van der Waals surface area contributed by atoms with Crippen molar-refractivity contribution < 1.29 is 4.79 Å². The average Bonchev–Trinajstić information content (AvgIpc) is 3.18. The third kappa shape index (κ3) is 3.94. The quantitative estimate of drug-likeness (QED) is 0.507. The van der Waals surface area contributed by atoms with E-state index in [0.717, 1.165) is 37.2 Å². The Balaban J connectivity index is 1.49. The zero-order valence-electron chi connectivity index (χ0n) is 18.7. The molecule has 2 aliphatic rings. The van der Waals surface area contributed by atoms with Crippen LogP contribution in [0.1, 0.15) is 54.7 Å². The SMILES string of the molecule is C[C@@H]1C[C@H](C)CN(C(=O)c2ccc(-n3c(-c4ccccc4)cc4c3CCCC4)cc2)C1. The van der Waals surface area contributed by atoms with Crippen LogP contribution in [-0.4, -0.2) is 28.5 Å². The van der Waals surface area contributed by atoms with Gasteiger partial charge in [-0.05, 0) is 85.4 Å². The molecule has 3 heteroatoms. The summed E-state index contributed by atoms with van der Waals surface area (Å²) in [5.74, 6) is 1.32. The van der Waals surface area contributed by atoms with Gasteiger partial charge in [-0.1, -0.05) is 44.2 Å². The Morgan fingerprint density at radius 1 is 0.871 bits per heavy atom. The molecule has 1 aromatic heterocycles. The highest BCUT2D eigenvalue weighted by Crippen LogP contribution is 2.34. The Hall–Kier alpha value is -2.81. The van der Waals surface area contributed by atoms with Crippen LogP contribution in [0.25, 0.3) is 16.9 Å². The number of amides is 1. The van der Waals surface area contributed by atoms with Crippen LogP contribution in [0.2, 0.25) is 0 Å². The van der Waals surface area contributed by atoms with Gasteiger partial charge in [-0.3, -0.25) is 4.79 Å². The molecule has 0 radical (unpaired) electrons. The van der Waals surface area contributed by atoms with Crippen molar-refractivity contribution in [3.05, 3.63) is 77.5 Å². The number of aromatic nitrogens is 1. The Kier molecular flexibility index (Phi) is 5.43. The van der Waals surface area contributed by atoms with Gasteiger partial charge in [0.1, 0.15) is 0 Å². The molecule has 0 spiro atoms. The molecule has 2 heterocycles. The zero-order valence-corrected chi connectivity index (χ0v) is 18.7. The van der Waals surface area contributed by atoms with Crippen molar-refractivity contribution in [3.63, 3.8) is 0 Å². The predicted molar refractivity (Wildman–Crippen MR) is 127 cm³/mol. The zero-order chi connectivity index (χ0) is 21.4. The van der Waals surface area contributed by atoms with Gasteiger partial charge in [-0.25, -0.2) is 0 Å². The molecule has 1 saturated heterocycles. The highest BCUT2D eigenvalue weighted by Gasteiger charge is 2.26. The standard InChI is InChI=1S/C28H32N2O/c1-20-16-21(2)19-29(18-20)28(31)23-12-14-25(15-13-23)30-26-11-7-6-10-24(26)17-27(30)22-8-4-3-5-9-22/h3-5,8-9,12-15,17,20-21H,6-7,10-11,16,18-19H2,1-2H3/t20-,21+. The molecule has 0 unspecified atom stereocenters. The van der Waals surface area contributed by atoms with Gasteiger partial charge >= 0.3 is 0 Å². The number of hydrogen-bond donors (Lipinski definition) is 0. The van der Waals surface area contributed by atoms with Gasteiger partial charge in [-0.15, -0.1) is 0 Å². The number of fused-ring (bicyclic) bond motifs is 1. The van der Waals surface area contributed by atoms with Gasteiger partial charge in [0.25, 0.3) is 5.91 Å². The van der Waals surface area contributed by atoms with Crippen molar-refractivity contribution in [1.29, 1.82) is 0 Å². The molecular formula is C28H32N2O. The molecule has 31 heavy (non-hydrogen) atoms. The number of nitrogens with zero attached hydrogens (tertiary/aromatic N) is 2. The molecule has 2 aromatic carbocycles. The fourth-order valence-electron chi connectivity index (χ4n) is 5.58. The topological polar surface area (TPSA) is 25.2 Å². The first-order chi connectivity index (χ1) is 15.1. The lowest BCUT2D eigenvalue weighted by Gasteiger charge is -2.35. The highest BCUT2D eigenvalue weighted by atomic mass is 16.2. The number of hydrogen-bond acceptors (Lipinski definition) is 1. The number of piperidine rings is 1. The normalized spacial score (nSPS) is 21.0. The molecule has 5 rings (SSSR count). The maximum Gasteiger partial charge on any atom is 0.253 e. The highest BCUT2D eigenvalue weighted by molar-refractivity contribution is 5.94. The molecule has 160 valence electrons. The minimum atomic E-state index is 0.169. The number of rotatable bonds is 3. The molecule has 1 aliphatic carbocycles. The fourth-order valence-corrected chi connectivity index (χ4v) is 5.58. The van der Waals surface area contributed by atoms with Crippen LogP contribution in [0, 0.1) is 11.8 Å². The lowest BCUT2D eigenvalue weighted by atomic mass is 9.91. The van der Waals surface area contributed by atoms with E-state index in [0.29, 0.717) is 11.8 Å². The smallest absolute Gasteiger partial charge is 0.253 e. The largest absolute Gasteiger partial charge is 0.338 e. The van der Waals surface area contributed by atoms with Crippen LogP contribution in [-0.2, 0) is 12.8 Å². The van der Waals surface area contributed by atoms with E-state index in [2.05, 4.69) is 66.9 Å². The summed E-state index contributed by atoms with van der Waals surface area (Å²) >= 11 is 0. The van der Waals surface area contributed by atoms with E-state index in [9.17, 15) is 4.79 Å². The predicted octanol–water partition coefficient (Wildman–Crippen LogP) is 6.14. The lowest BCUT2D eigenvalue weighted by molar-refractivity contribution is 0.0623. The van der Waals surface area contributed by atoms with Crippen molar-refractivity contribution in [2.24, 2.45) is 11.8 Å². The first-order valence-corrected chi connectivity index (χ1v) is 11.8. The van der Waals surface area contributed by atoms with Crippen LogP contribution in [0.15, 0.2) is 60.7 Å². The molecule has 3 aromatic rings. The Bertz CT molecular complexity index is 1050. The summed E-state index contributed by atoms with van der Waals surface area (Å²) in [4.78, 5) is 15.2. The molecule has 1 fully saturated rings. The van der Waals surface area contributed by atoms with E-state index in [1.54, 1.807) is 0 Å². The third-order valence-electron chi connectivity index (χ3n) is 6.90. The molecule has 0 bridgehead atoms. The molecule has 0 saturated carbocycles. The number of benzene rings is 2. The molecular weight excluding hydrogens is 380 g/mol. The van der Waals surface area contributed by atoms with E-state index in [1.165, 1.54) is 41.8 Å². The number of likely N-dealkylation sites (tertiary alicyclic amines) is 1. The van der Waals surface area contributed by atoms with Crippen LogP contribution < -0.4 is 0 Å². The average molecular weight is 413 g/mol. The summed E-state index contributed by atoms with van der Waals surface area (Å²) < 4.78 is 2.42. The second-order valence-corrected chi connectivity index (χ2v) is 9.61. The molecule has 1 amide bonds. The summed E-state index contributed by atoms with van der Waals surface area (Å²) in [5.41, 5.74) is 7.36. The van der Waals surface area contributed by atoms with E-state index >= 15 is 0 Å². The van der Waals surface area contributed by atoms with E-state index in [-0.39, 0.29) is 5.91 Å². The Morgan fingerprint density at radius 3 is 2.26 bits per heavy atom. The van der Waals surface area contributed by atoms with E-state index in [4.69, 9.17) is 0 Å². The second-order valence-electron chi connectivity index (χ2n) is 9.61. The van der Waals surface area contributed by atoms with Gasteiger partial charge in [0.2, 0.25) is 0 Å². The lowest BCUT2D eigenvalue weighted by Crippen LogP contribution is -2.42. The minimum absolute atomic E-state index is 0.169. The molecule has 2 atom stereocenters. The van der Waals surface area contributed by atoms with Gasteiger partial charge in [0, 0.05) is 30.0 Å². The number of carbonyl (C=O) groups is 1. The maximum atomic E-state index is 13.1. The first-order valence-electron chi connectivity index (χ1n) is 11.8. The van der Waals surface area contributed by atoms with Gasteiger partial charge in [-0.2, -0.15) is 0 Å². The van der Waals surface area contributed by atoms with Gasteiger partial charge in [0.05, 0.1) is 5.69 Å². The monoisotopic (exact) mass is 412 g/mol. The van der Waals surface area contributed by atoms with Crippen molar-refractivity contribution >= 4 is 5.91 Å². The molecule has 3 nitrogen and oxygen atoms in total. The second kappa shape index (κ2) is 8.37. The number of carbonyl (C=O) groups excluding carboxylic acids is 1. The summed E-state index contributed by atoms with van der Waals surface area (Å²) in [6, 6.07) is 21.3. The van der Waals surface area contributed by atoms with Crippen LogP contribution >= 0.6 is 0 Å². The minimum Gasteiger partial charge on any atom is -0.338 e. The Labute approximate surface area is 185 Å². The maximum absolute atomic E-state index is 13.1. The molecule has 1 aliphatic heterocycles. The van der Waals surface area contributed by atoms with Gasteiger partial charge < -0.3 is 9.47 Å². The summed E-state index contributed by atoms with van der Waals surface area (Å²) in [7, 11) is 0. The third-order valence-corrected chi connectivity index (χ3v) is 6.90. The van der Waals surface area contributed by atoms with E-state index in [1.807, 2.05) is 17.0 Å². The van der Waals surface area contributed by atoms with Crippen LogP contribution in [0.4, 0.5) is 0 Å².